The second-order valence-electron chi connectivity index (χ2n) is 5.20. The van der Waals surface area contributed by atoms with Crippen LogP contribution in [0, 0.1) is 0 Å². The molecule has 0 aliphatic heterocycles. The van der Waals surface area contributed by atoms with E-state index in [1.54, 1.807) is 30.5 Å². The van der Waals surface area contributed by atoms with Crippen LogP contribution in [0.3, 0.4) is 0 Å². The van der Waals surface area contributed by atoms with Crippen molar-refractivity contribution in [2.24, 2.45) is 5.73 Å². The average Bonchev–Trinajstić information content (AvgIpc) is 2.56. The summed E-state index contributed by atoms with van der Waals surface area (Å²) in [4.78, 5) is 24.1. The third-order valence-electron chi connectivity index (χ3n) is 3.36. The molecule has 0 fully saturated rings. The maximum Gasteiger partial charge on any atom is 0.292 e. The largest absolute Gasteiger partial charge is 0.478 e. The molecule has 1 aromatic carbocycles. The number of hydrogen-bond donors (Lipinski definition) is 2. The lowest BCUT2D eigenvalue weighted by atomic mass is 10.2. The quantitative estimate of drug-likeness (QED) is 0.812. The minimum absolute atomic E-state index is 0.0932. The number of rotatable bonds is 7. The Morgan fingerprint density at radius 2 is 2.00 bits per heavy atom. The van der Waals surface area contributed by atoms with Gasteiger partial charge in [-0.1, -0.05) is 25.1 Å². The van der Waals surface area contributed by atoms with Crippen LogP contribution in [-0.2, 0) is 11.3 Å². The average molecular weight is 315 g/mol. The Morgan fingerprint density at radius 1 is 1.26 bits per heavy atom. The number of amides is 1. The molecule has 1 heterocycles. The standard InChI is InChI=1S/C17H21N3O3/c1-2-13(18)11-20-10-6-9-15(17(20)22)23-12-16(21)19-14-7-4-3-5-8-14/h3-10,13H,2,11-12,18H2,1H3,(H,19,21). The van der Waals surface area contributed by atoms with Gasteiger partial charge in [-0.3, -0.25) is 9.59 Å². The van der Waals surface area contributed by atoms with Gasteiger partial charge in [0, 0.05) is 24.5 Å². The van der Waals surface area contributed by atoms with Crippen LogP contribution in [0.1, 0.15) is 13.3 Å². The Labute approximate surface area is 134 Å². The van der Waals surface area contributed by atoms with Gasteiger partial charge in [0.05, 0.1) is 0 Å². The van der Waals surface area contributed by atoms with Crippen LogP contribution in [0.2, 0.25) is 0 Å². The number of pyridine rings is 1. The molecule has 122 valence electrons. The number of nitrogens with zero attached hydrogens (tertiary/aromatic N) is 1. The van der Waals surface area contributed by atoms with Crippen molar-refractivity contribution in [3.05, 3.63) is 59.0 Å². The topological polar surface area (TPSA) is 86.3 Å². The number of para-hydroxylation sites is 1. The molecule has 0 aliphatic rings. The molecule has 2 rings (SSSR count). The predicted octanol–water partition coefficient (Wildman–Crippen LogP) is 1.60. The van der Waals surface area contributed by atoms with E-state index in [2.05, 4.69) is 5.32 Å². The minimum Gasteiger partial charge on any atom is -0.478 e. The summed E-state index contributed by atoms with van der Waals surface area (Å²) in [6.07, 6.45) is 2.44. The van der Waals surface area contributed by atoms with Crippen molar-refractivity contribution in [2.45, 2.75) is 25.9 Å². The molecule has 2 aromatic rings. The van der Waals surface area contributed by atoms with Crippen LogP contribution in [0.25, 0.3) is 0 Å². The highest BCUT2D eigenvalue weighted by molar-refractivity contribution is 5.91. The van der Waals surface area contributed by atoms with Gasteiger partial charge in [0.2, 0.25) is 0 Å². The lowest BCUT2D eigenvalue weighted by molar-refractivity contribution is -0.118. The van der Waals surface area contributed by atoms with Crippen molar-refractivity contribution in [3.63, 3.8) is 0 Å². The van der Waals surface area contributed by atoms with Crippen molar-refractivity contribution in [1.29, 1.82) is 0 Å². The summed E-state index contributed by atoms with van der Waals surface area (Å²) < 4.78 is 6.84. The number of carbonyl (C=O) groups is 1. The van der Waals surface area contributed by atoms with E-state index in [1.165, 1.54) is 4.57 Å². The highest BCUT2D eigenvalue weighted by atomic mass is 16.5. The number of nitrogens with one attached hydrogen (secondary N) is 1. The molecule has 3 N–H and O–H groups in total. The number of ether oxygens (including phenoxy) is 1. The van der Waals surface area contributed by atoms with E-state index < -0.39 is 0 Å². The van der Waals surface area contributed by atoms with Crippen molar-refractivity contribution in [2.75, 3.05) is 11.9 Å². The maximum atomic E-state index is 12.2. The number of hydrogen-bond acceptors (Lipinski definition) is 4. The molecule has 0 saturated carbocycles. The normalized spacial score (nSPS) is 11.7. The van der Waals surface area contributed by atoms with Crippen LogP contribution in [0.15, 0.2) is 53.5 Å². The first kappa shape index (κ1) is 16.8. The molecule has 1 amide bonds. The van der Waals surface area contributed by atoms with Crippen molar-refractivity contribution in [3.8, 4) is 5.75 Å². The zero-order valence-electron chi connectivity index (χ0n) is 13.1. The van der Waals surface area contributed by atoms with Crippen molar-refractivity contribution < 1.29 is 9.53 Å². The molecule has 0 bridgehead atoms. The van der Waals surface area contributed by atoms with E-state index in [9.17, 15) is 9.59 Å². The van der Waals surface area contributed by atoms with E-state index >= 15 is 0 Å². The summed E-state index contributed by atoms with van der Waals surface area (Å²) in [5.41, 5.74) is 6.26. The van der Waals surface area contributed by atoms with E-state index in [-0.39, 0.29) is 29.9 Å². The van der Waals surface area contributed by atoms with E-state index in [1.807, 2.05) is 25.1 Å². The van der Waals surface area contributed by atoms with Gasteiger partial charge in [-0.25, -0.2) is 0 Å². The number of aromatic nitrogens is 1. The van der Waals surface area contributed by atoms with Crippen molar-refractivity contribution in [1.82, 2.24) is 4.57 Å². The zero-order chi connectivity index (χ0) is 16.7. The molecule has 0 aliphatic carbocycles. The van der Waals surface area contributed by atoms with Gasteiger partial charge >= 0.3 is 0 Å². The summed E-state index contributed by atoms with van der Waals surface area (Å²) in [5.74, 6) is -0.185. The number of carbonyl (C=O) groups excluding carboxylic acids is 1. The smallest absolute Gasteiger partial charge is 0.292 e. The van der Waals surface area contributed by atoms with Gasteiger partial charge in [0.25, 0.3) is 11.5 Å². The van der Waals surface area contributed by atoms with Crippen LogP contribution in [-0.4, -0.2) is 23.1 Å². The highest BCUT2D eigenvalue weighted by Crippen LogP contribution is 2.06. The van der Waals surface area contributed by atoms with Gasteiger partial charge < -0.3 is 20.4 Å². The molecular formula is C17H21N3O3. The molecule has 6 nitrogen and oxygen atoms in total. The highest BCUT2D eigenvalue weighted by Gasteiger charge is 2.09. The van der Waals surface area contributed by atoms with E-state index in [0.29, 0.717) is 12.2 Å². The summed E-state index contributed by atoms with van der Waals surface area (Å²) in [5, 5.41) is 2.69. The second kappa shape index (κ2) is 8.14. The molecule has 23 heavy (non-hydrogen) atoms. The predicted molar refractivity (Wildman–Crippen MR) is 89.5 cm³/mol. The molecular weight excluding hydrogens is 294 g/mol. The first-order valence-corrected chi connectivity index (χ1v) is 7.53. The SMILES string of the molecule is CCC(N)Cn1cccc(OCC(=O)Nc2ccccc2)c1=O. The zero-order valence-corrected chi connectivity index (χ0v) is 13.1. The molecule has 0 radical (unpaired) electrons. The summed E-state index contributed by atoms with van der Waals surface area (Å²) in [6, 6.07) is 12.2. The van der Waals surface area contributed by atoms with Gasteiger partial charge in [-0.05, 0) is 30.7 Å². The van der Waals surface area contributed by atoms with Gasteiger partial charge in [-0.15, -0.1) is 0 Å². The van der Waals surface area contributed by atoms with Crippen molar-refractivity contribution >= 4 is 11.6 Å². The third kappa shape index (κ3) is 4.96. The maximum absolute atomic E-state index is 12.2. The molecule has 1 aromatic heterocycles. The number of anilines is 1. The molecule has 0 saturated heterocycles. The Morgan fingerprint density at radius 3 is 2.70 bits per heavy atom. The fourth-order valence-electron chi connectivity index (χ4n) is 2.01. The van der Waals surface area contributed by atoms with E-state index in [4.69, 9.17) is 10.5 Å². The first-order valence-electron chi connectivity index (χ1n) is 7.53. The molecule has 1 atom stereocenters. The first-order chi connectivity index (χ1) is 11.1. The third-order valence-corrected chi connectivity index (χ3v) is 3.36. The molecule has 1 unspecified atom stereocenters. The molecule has 0 spiro atoms. The minimum atomic E-state index is -0.323. The fourth-order valence-corrected chi connectivity index (χ4v) is 2.01. The van der Waals surface area contributed by atoms with Crippen LogP contribution in [0.4, 0.5) is 5.69 Å². The van der Waals surface area contributed by atoms with Crippen LogP contribution < -0.4 is 21.3 Å². The Kier molecular flexibility index (Phi) is 5.94. The second-order valence-corrected chi connectivity index (χ2v) is 5.20. The Balaban J connectivity index is 1.96. The Bertz CT molecular complexity index is 698. The lowest BCUT2D eigenvalue weighted by Crippen LogP contribution is -2.32. The summed E-state index contributed by atoms with van der Waals surface area (Å²) in [6.45, 7) is 2.15. The number of nitrogens with two attached hydrogens (primary N) is 1. The monoisotopic (exact) mass is 315 g/mol. The van der Waals surface area contributed by atoms with Crippen LogP contribution >= 0.6 is 0 Å². The van der Waals surface area contributed by atoms with E-state index in [0.717, 1.165) is 6.42 Å². The number of benzene rings is 1. The van der Waals surface area contributed by atoms with Crippen LogP contribution in [0.5, 0.6) is 5.75 Å². The lowest BCUT2D eigenvalue weighted by Gasteiger charge is -2.13. The summed E-state index contributed by atoms with van der Waals surface area (Å²) >= 11 is 0. The van der Waals surface area contributed by atoms with Gasteiger partial charge in [0.1, 0.15) is 0 Å². The Hall–Kier alpha value is -2.60. The molecule has 6 heteroatoms. The van der Waals surface area contributed by atoms with Gasteiger partial charge in [0.15, 0.2) is 12.4 Å². The fraction of sp³-hybridized carbons (Fsp3) is 0.294. The summed E-state index contributed by atoms with van der Waals surface area (Å²) in [7, 11) is 0. The van der Waals surface area contributed by atoms with Gasteiger partial charge in [-0.2, -0.15) is 0 Å².